The third-order valence-corrected chi connectivity index (χ3v) is 8.77. The van der Waals surface area contributed by atoms with E-state index in [0.717, 1.165) is 11.1 Å². The maximum Gasteiger partial charge on any atom is 0.319 e. The van der Waals surface area contributed by atoms with E-state index in [1.54, 1.807) is 27.1 Å². The number of aliphatic hydroxyl groups excluding tert-OH is 2. The fourth-order valence-electron chi connectivity index (χ4n) is 6.84. The maximum atomic E-state index is 14.0. The number of phenolic OH excluding ortho intramolecular Hbond substituents is 1. The van der Waals surface area contributed by atoms with Crippen LogP contribution in [0.5, 0.6) is 5.75 Å². The van der Waals surface area contributed by atoms with Crippen LogP contribution < -0.4 is 11.1 Å². The lowest BCUT2D eigenvalue weighted by molar-refractivity contribution is -0.153. The van der Waals surface area contributed by atoms with Crippen LogP contribution in [0.25, 0.3) is 16.9 Å². The third kappa shape index (κ3) is 4.84. The summed E-state index contributed by atoms with van der Waals surface area (Å²) in [5, 5.41) is 48.0. The zero-order valence-corrected chi connectivity index (χ0v) is 24.6. The van der Waals surface area contributed by atoms with Gasteiger partial charge in [0.25, 0.3) is 5.91 Å². The molecule has 0 spiro atoms. The molecule has 0 radical (unpaired) electrons. The highest BCUT2D eigenvalue weighted by Gasteiger charge is 2.64. The minimum Gasteiger partial charge on any atom is -0.508 e. The smallest absolute Gasteiger partial charge is 0.319 e. The average molecular weight is 606 g/mol. The minimum atomic E-state index is -2.69. The summed E-state index contributed by atoms with van der Waals surface area (Å²) < 4.78 is 4.92. The van der Waals surface area contributed by atoms with Gasteiger partial charge in [-0.2, -0.15) is 0 Å². The van der Waals surface area contributed by atoms with E-state index in [4.69, 9.17) is 10.5 Å². The molecule has 1 saturated carbocycles. The van der Waals surface area contributed by atoms with Gasteiger partial charge >= 0.3 is 5.97 Å². The molecule has 44 heavy (non-hydrogen) atoms. The second-order valence-electron chi connectivity index (χ2n) is 11.6. The third-order valence-electron chi connectivity index (χ3n) is 8.77. The van der Waals surface area contributed by atoms with Crippen LogP contribution in [-0.2, 0) is 36.9 Å². The van der Waals surface area contributed by atoms with Crippen LogP contribution in [0, 0.1) is 11.8 Å². The molecule has 3 aliphatic rings. The Labute approximate surface area is 253 Å². The molecule has 0 aliphatic heterocycles. The number of carbonyl (C=O) groups is 4. The SMILES string of the molecule is CCOC(=O)CNCc1ccc(-c2ccc(O)c3c2C[C@H]2C[C@H]4[C@@H](N(C)C)C(=O)C(C(N)=O)=C(O)[C@@]4(O)C(=O)C2=C3O)cc1. The number of Topliss-reactive ketones (excluding diaryl/α,β-unsaturated/α-hetero) is 2. The second kappa shape index (κ2) is 11.5. The fourth-order valence-corrected chi connectivity index (χ4v) is 6.84. The first-order valence-electron chi connectivity index (χ1n) is 14.3. The number of benzene rings is 2. The number of aromatic hydroxyl groups is 1. The van der Waals surface area contributed by atoms with Crippen molar-refractivity contribution in [1.29, 1.82) is 0 Å². The predicted molar refractivity (Wildman–Crippen MR) is 158 cm³/mol. The molecular weight excluding hydrogens is 570 g/mol. The molecular formula is C32H35N3O9. The molecule has 1 fully saturated rings. The van der Waals surface area contributed by atoms with E-state index in [0.29, 0.717) is 24.3 Å². The molecule has 0 heterocycles. The van der Waals surface area contributed by atoms with Gasteiger partial charge in [-0.1, -0.05) is 30.3 Å². The summed E-state index contributed by atoms with van der Waals surface area (Å²) in [5.41, 5.74) is 4.62. The Morgan fingerprint density at radius 2 is 1.77 bits per heavy atom. The van der Waals surface area contributed by atoms with Crippen molar-refractivity contribution in [3.63, 3.8) is 0 Å². The number of phenols is 1. The van der Waals surface area contributed by atoms with E-state index in [2.05, 4.69) is 5.32 Å². The van der Waals surface area contributed by atoms with E-state index in [1.165, 1.54) is 11.0 Å². The number of nitrogens with two attached hydrogens (primary N) is 1. The lowest BCUT2D eigenvalue weighted by Gasteiger charge is -2.50. The largest absolute Gasteiger partial charge is 0.508 e. The molecule has 12 heteroatoms. The summed E-state index contributed by atoms with van der Waals surface area (Å²) in [7, 11) is 3.11. The molecule has 0 bridgehead atoms. The van der Waals surface area contributed by atoms with Crippen LogP contribution in [0.1, 0.15) is 30.0 Å². The summed E-state index contributed by atoms with van der Waals surface area (Å²) in [4.78, 5) is 52.5. The second-order valence-corrected chi connectivity index (χ2v) is 11.6. The van der Waals surface area contributed by atoms with Crippen molar-refractivity contribution >= 4 is 29.2 Å². The van der Waals surface area contributed by atoms with Crippen LogP contribution >= 0.6 is 0 Å². The van der Waals surface area contributed by atoms with Crippen molar-refractivity contribution in [1.82, 2.24) is 10.2 Å². The summed E-state index contributed by atoms with van der Waals surface area (Å²) in [5.74, 6) is -7.25. The van der Waals surface area contributed by atoms with Crippen molar-refractivity contribution in [2.24, 2.45) is 17.6 Å². The molecule has 0 unspecified atom stereocenters. The Kier molecular flexibility index (Phi) is 8.10. The summed E-state index contributed by atoms with van der Waals surface area (Å²) in [6, 6.07) is 9.44. The van der Waals surface area contributed by atoms with Gasteiger partial charge in [0.05, 0.1) is 24.8 Å². The molecule has 232 valence electrons. The molecule has 7 N–H and O–H groups in total. The van der Waals surface area contributed by atoms with Gasteiger partial charge in [-0.15, -0.1) is 0 Å². The highest BCUT2D eigenvalue weighted by atomic mass is 16.5. The number of hydrogen-bond donors (Lipinski definition) is 6. The van der Waals surface area contributed by atoms with Gasteiger partial charge in [0.2, 0.25) is 5.78 Å². The number of rotatable bonds is 8. The predicted octanol–water partition coefficient (Wildman–Crippen LogP) is 1.28. The Bertz CT molecular complexity index is 1630. The van der Waals surface area contributed by atoms with Crippen LogP contribution in [0.3, 0.4) is 0 Å². The number of fused-ring (bicyclic) bond motifs is 3. The van der Waals surface area contributed by atoms with Crippen LogP contribution in [0.2, 0.25) is 0 Å². The summed E-state index contributed by atoms with van der Waals surface area (Å²) in [6.45, 7) is 2.54. The molecule has 4 atom stereocenters. The first kappa shape index (κ1) is 30.9. The Morgan fingerprint density at radius 3 is 2.39 bits per heavy atom. The van der Waals surface area contributed by atoms with Gasteiger partial charge in [0.15, 0.2) is 11.4 Å². The lowest BCUT2D eigenvalue weighted by atomic mass is 9.57. The van der Waals surface area contributed by atoms with Gasteiger partial charge in [-0.3, -0.25) is 24.1 Å². The number of hydrogen-bond acceptors (Lipinski definition) is 11. The van der Waals surface area contributed by atoms with Crippen LogP contribution in [0.15, 0.2) is 53.3 Å². The molecule has 2 aromatic rings. The quantitative estimate of drug-likeness (QED) is 0.187. The topological polar surface area (TPSA) is 200 Å². The minimum absolute atomic E-state index is 0.00588. The van der Waals surface area contributed by atoms with E-state index in [9.17, 15) is 39.6 Å². The number of nitrogens with one attached hydrogen (secondary N) is 1. The van der Waals surface area contributed by atoms with E-state index < -0.39 is 58.0 Å². The molecule has 2 aromatic carbocycles. The van der Waals surface area contributed by atoms with E-state index >= 15 is 0 Å². The number of carbonyl (C=O) groups excluding carboxylic acids is 4. The van der Waals surface area contributed by atoms with Gasteiger partial charge in [-0.25, -0.2) is 0 Å². The van der Waals surface area contributed by atoms with Gasteiger partial charge in [0, 0.05) is 18.0 Å². The first-order chi connectivity index (χ1) is 20.8. The number of ether oxygens (including phenoxy) is 1. The van der Waals surface area contributed by atoms with E-state index in [1.807, 2.05) is 24.3 Å². The fraction of sp³-hybridized carbons (Fsp3) is 0.375. The summed E-state index contributed by atoms with van der Waals surface area (Å²) in [6.07, 6.45) is 0.188. The Balaban J connectivity index is 1.54. The molecule has 1 amide bonds. The number of ketones is 2. The van der Waals surface area contributed by atoms with Gasteiger partial charge in [0.1, 0.15) is 22.8 Å². The molecule has 12 nitrogen and oxygen atoms in total. The van der Waals surface area contributed by atoms with E-state index in [-0.39, 0.29) is 42.2 Å². The zero-order valence-electron chi connectivity index (χ0n) is 24.6. The van der Waals surface area contributed by atoms with Crippen molar-refractivity contribution < 1.29 is 44.3 Å². The Morgan fingerprint density at radius 1 is 1.09 bits per heavy atom. The monoisotopic (exact) mass is 605 g/mol. The van der Waals surface area contributed by atoms with Crippen LogP contribution in [-0.4, -0.2) is 87.7 Å². The standard InChI is InChI=1S/C32H35N3O9/c1-4-44-22(37)14-34-13-15-5-7-16(8-6-15)18-9-10-21(36)24-19(18)11-17-12-20-26(35(2)3)28(39)25(31(33)42)30(41)32(20,43)29(40)23(17)27(24)38/h5-10,17,20,26,34,36,38,41,43H,4,11-14H2,1-3H3,(H2,33,42)/t17-,20-,26+,32-/m0/s1. The first-order valence-corrected chi connectivity index (χ1v) is 14.3. The average Bonchev–Trinajstić information content (AvgIpc) is 2.95. The van der Waals surface area contributed by atoms with Crippen molar-refractivity contribution in [3.05, 3.63) is 70.0 Å². The number of primary amides is 1. The number of likely N-dealkylation sites (N-methyl/N-ethyl adjacent to an activating group) is 1. The number of nitrogens with zero attached hydrogens (tertiary/aromatic N) is 1. The molecule has 0 saturated heterocycles. The highest BCUT2D eigenvalue weighted by Crippen LogP contribution is 2.53. The number of esters is 1. The number of aliphatic hydroxyl groups is 3. The van der Waals surface area contributed by atoms with Gasteiger partial charge in [-0.05, 0) is 68.1 Å². The Hall–Kier alpha value is -4.52. The molecule has 5 rings (SSSR count). The summed E-state index contributed by atoms with van der Waals surface area (Å²) >= 11 is 0. The normalized spacial score (nSPS) is 24.6. The number of amides is 1. The highest BCUT2D eigenvalue weighted by molar-refractivity contribution is 6.24. The zero-order chi connectivity index (χ0) is 32.1. The maximum absolute atomic E-state index is 14.0. The molecule has 3 aliphatic carbocycles. The van der Waals surface area contributed by atoms with Crippen LogP contribution in [0.4, 0.5) is 0 Å². The van der Waals surface area contributed by atoms with Gasteiger partial charge < -0.3 is 36.2 Å². The van der Waals surface area contributed by atoms with Crippen molar-refractivity contribution in [2.75, 3.05) is 27.2 Å². The lowest BCUT2D eigenvalue weighted by Crippen LogP contribution is -2.65. The molecule has 0 aromatic heterocycles. The van der Waals surface area contributed by atoms with Crippen molar-refractivity contribution in [2.45, 2.75) is 38.0 Å². The van der Waals surface area contributed by atoms with Crippen molar-refractivity contribution in [3.8, 4) is 16.9 Å².